The summed E-state index contributed by atoms with van der Waals surface area (Å²) in [5.74, 6) is 2.57. The van der Waals surface area contributed by atoms with Crippen LogP contribution < -0.4 is 5.32 Å². The first-order valence-corrected chi connectivity index (χ1v) is 4.62. The summed E-state index contributed by atoms with van der Waals surface area (Å²) in [7, 11) is 0. The standard InChI is InChI=1S/C10H15NO2/c1-3-9(4-2)11-10(12)8-5-6-13-7-8/h1,8-9H,4-7H2,2H3,(H,11,12). The Labute approximate surface area is 78.8 Å². The average Bonchev–Trinajstić information content (AvgIpc) is 2.66. The molecule has 0 radical (unpaired) electrons. The van der Waals surface area contributed by atoms with Crippen molar-refractivity contribution in [2.24, 2.45) is 5.92 Å². The normalized spacial score (nSPS) is 23.5. The fourth-order valence-electron chi connectivity index (χ4n) is 1.29. The number of carbonyl (C=O) groups excluding carboxylic acids is 1. The van der Waals surface area contributed by atoms with Crippen LogP contribution in [0, 0.1) is 18.3 Å². The molecular weight excluding hydrogens is 166 g/mol. The van der Waals surface area contributed by atoms with Crippen LogP contribution in [0.25, 0.3) is 0 Å². The molecule has 1 heterocycles. The first-order chi connectivity index (χ1) is 6.27. The molecule has 1 fully saturated rings. The van der Waals surface area contributed by atoms with Gasteiger partial charge >= 0.3 is 0 Å². The van der Waals surface area contributed by atoms with Gasteiger partial charge in [-0.3, -0.25) is 4.79 Å². The molecule has 2 unspecified atom stereocenters. The third kappa shape index (κ3) is 2.74. The minimum Gasteiger partial charge on any atom is -0.381 e. The van der Waals surface area contributed by atoms with Crippen molar-refractivity contribution in [3.63, 3.8) is 0 Å². The summed E-state index contributed by atoms with van der Waals surface area (Å²) >= 11 is 0. The van der Waals surface area contributed by atoms with E-state index in [9.17, 15) is 4.79 Å². The Kier molecular flexibility index (Phi) is 3.78. The number of ether oxygens (including phenoxy) is 1. The predicted molar refractivity (Wildman–Crippen MR) is 50.0 cm³/mol. The van der Waals surface area contributed by atoms with Crippen LogP contribution in [0.3, 0.4) is 0 Å². The van der Waals surface area contributed by atoms with Crippen molar-refractivity contribution in [3.8, 4) is 12.3 Å². The molecule has 2 atom stereocenters. The van der Waals surface area contributed by atoms with Gasteiger partial charge in [0.1, 0.15) is 0 Å². The third-order valence-electron chi connectivity index (χ3n) is 2.23. The SMILES string of the molecule is C#CC(CC)NC(=O)C1CCOC1. The lowest BCUT2D eigenvalue weighted by Gasteiger charge is -2.13. The molecule has 0 aromatic carbocycles. The lowest BCUT2D eigenvalue weighted by atomic mass is 10.1. The van der Waals surface area contributed by atoms with Gasteiger partial charge in [-0.05, 0) is 12.8 Å². The second-order valence-corrected chi connectivity index (χ2v) is 3.20. The van der Waals surface area contributed by atoms with Gasteiger partial charge in [0.25, 0.3) is 0 Å². The molecule has 0 aromatic rings. The Hall–Kier alpha value is -1.01. The second-order valence-electron chi connectivity index (χ2n) is 3.20. The van der Waals surface area contributed by atoms with Crippen LogP contribution in [-0.4, -0.2) is 25.2 Å². The zero-order valence-corrected chi connectivity index (χ0v) is 7.88. The summed E-state index contributed by atoms with van der Waals surface area (Å²) in [5, 5.41) is 2.80. The topological polar surface area (TPSA) is 38.3 Å². The van der Waals surface area contributed by atoms with Crippen molar-refractivity contribution < 1.29 is 9.53 Å². The van der Waals surface area contributed by atoms with Crippen LogP contribution in [-0.2, 0) is 9.53 Å². The molecule has 1 rings (SSSR count). The van der Waals surface area contributed by atoms with E-state index in [4.69, 9.17) is 11.2 Å². The van der Waals surface area contributed by atoms with Gasteiger partial charge in [-0.25, -0.2) is 0 Å². The smallest absolute Gasteiger partial charge is 0.226 e. The molecule has 0 aromatic heterocycles. The zero-order valence-electron chi connectivity index (χ0n) is 7.88. The monoisotopic (exact) mass is 181 g/mol. The molecule has 0 aliphatic carbocycles. The van der Waals surface area contributed by atoms with Crippen molar-refractivity contribution >= 4 is 5.91 Å². The highest BCUT2D eigenvalue weighted by molar-refractivity contribution is 5.79. The maximum atomic E-state index is 11.5. The van der Waals surface area contributed by atoms with Gasteiger partial charge in [0, 0.05) is 6.61 Å². The largest absolute Gasteiger partial charge is 0.381 e. The Morgan fingerprint density at radius 3 is 3.08 bits per heavy atom. The Balaban J connectivity index is 2.35. The lowest BCUT2D eigenvalue weighted by Crippen LogP contribution is -2.37. The number of amides is 1. The van der Waals surface area contributed by atoms with E-state index in [1.54, 1.807) is 0 Å². The molecule has 1 saturated heterocycles. The molecule has 0 spiro atoms. The highest BCUT2D eigenvalue weighted by Crippen LogP contribution is 2.12. The van der Waals surface area contributed by atoms with Gasteiger partial charge < -0.3 is 10.1 Å². The van der Waals surface area contributed by atoms with Crippen molar-refractivity contribution in [2.45, 2.75) is 25.8 Å². The first-order valence-electron chi connectivity index (χ1n) is 4.62. The van der Waals surface area contributed by atoms with Gasteiger partial charge in [0.15, 0.2) is 0 Å². The van der Waals surface area contributed by atoms with E-state index >= 15 is 0 Å². The van der Waals surface area contributed by atoms with Gasteiger partial charge in [-0.15, -0.1) is 6.42 Å². The van der Waals surface area contributed by atoms with Crippen molar-refractivity contribution in [1.29, 1.82) is 0 Å². The van der Waals surface area contributed by atoms with Gasteiger partial charge in [0.05, 0.1) is 18.6 Å². The molecular formula is C10H15NO2. The van der Waals surface area contributed by atoms with E-state index in [0.717, 1.165) is 12.8 Å². The molecule has 1 amide bonds. The van der Waals surface area contributed by atoms with Crippen LogP contribution in [0.1, 0.15) is 19.8 Å². The molecule has 13 heavy (non-hydrogen) atoms. The van der Waals surface area contributed by atoms with Gasteiger partial charge in [-0.2, -0.15) is 0 Å². The van der Waals surface area contributed by atoms with Crippen LogP contribution in [0.4, 0.5) is 0 Å². The molecule has 1 aliphatic heterocycles. The van der Waals surface area contributed by atoms with Crippen LogP contribution in [0.2, 0.25) is 0 Å². The fourth-order valence-corrected chi connectivity index (χ4v) is 1.29. The number of carbonyl (C=O) groups is 1. The lowest BCUT2D eigenvalue weighted by molar-refractivity contribution is -0.125. The molecule has 0 bridgehead atoms. The number of rotatable bonds is 3. The van der Waals surface area contributed by atoms with Crippen LogP contribution in [0.15, 0.2) is 0 Å². The quantitative estimate of drug-likeness (QED) is 0.646. The van der Waals surface area contributed by atoms with Crippen molar-refractivity contribution in [2.75, 3.05) is 13.2 Å². The molecule has 3 nitrogen and oxygen atoms in total. The summed E-state index contributed by atoms with van der Waals surface area (Å²) < 4.78 is 5.11. The molecule has 1 N–H and O–H groups in total. The number of nitrogens with one attached hydrogen (secondary N) is 1. The number of hydrogen-bond acceptors (Lipinski definition) is 2. The van der Waals surface area contributed by atoms with E-state index in [-0.39, 0.29) is 17.9 Å². The van der Waals surface area contributed by atoms with E-state index in [1.165, 1.54) is 0 Å². The summed E-state index contributed by atoms with van der Waals surface area (Å²) in [4.78, 5) is 11.5. The zero-order chi connectivity index (χ0) is 9.68. The predicted octanol–water partition coefficient (Wildman–Crippen LogP) is 0.551. The summed E-state index contributed by atoms with van der Waals surface area (Å²) in [6, 6.07) is -0.131. The maximum absolute atomic E-state index is 11.5. The third-order valence-corrected chi connectivity index (χ3v) is 2.23. The van der Waals surface area contributed by atoms with E-state index in [1.807, 2.05) is 6.92 Å². The Morgan fingerprint density at radius 2 is 2.62 bits per heavy atom. The molecule has 1 aliphatic rings. The van der Waals surface area contributed by atoms with E-state index < -0.39 is 0 Å². The maximum Gasteiger partial charge on any atom is 0.226 e. The fraction of sp³-hybridized carbons (Fsp3) is 0.700. The Bertz CT molecular complexity index is 213. The summed E-state index contributed by atoms with van der Waals surface area (Å²) in [5.41, 5.74) is 0. The molecule has 0 saturated carbocycles. The minimum absolute atomic E-state index is 0.00222. The van der Waals surface area contributed by atoms with Gasteiger partial charge in [0.2, 0.25) is 5.91 Å². The van der Waals surface area contributed by atoms with E-state index in [0.29, 0.717) is 13.2 Å². The second kappa shape index (κ2) is 4.88. The van der Waals surface area contributed by atoms with E-state index in [2.05, 4.69) is 11.2 Å². The van der Waals surface area contributed by atoms with Crippen molar-refractivity contribution in [1.82, 2.24) is 5.32 Å². The minimum atomic E-state index is -0.131. The summed E-state index contributed by atoms with van der Waals surface area (Å²) in [6.07, 6.45) is 6.82. The number of terminal acetylenes is 1. The molecule has 3 heteroatoms. The van der Waals surface area contributed by atoms with Gasteiger partial charge in [-0.1, -0.05) is 12.8 Å². The highest BCUT2D eigenvalue weighted by Gasteiger charge is 2.24. The van der Waals surface area contributed by atoms with Crippen molar-refractivity contribution in [3.05, 3.63) is 0 Å². The average molecular weight is 181 g/mol. The van der Waals surface area contributed by atoms with Crippen LogP contribution in [0.5, 0.6) is 0 Å². The Morgan fingerprint density at radius 1 is 1.85 bits per heavy atom. The summed E-state index contributed by atoms with van der Waals surface area (Å²) in [6.45, 7) is 3.17. The number of hydrogen-bond donors (Lipinski definition) is 1. The highest BCUT2D eigenvalue weighted by atomic mass is 16.5. The van der Waals surface area contributed by atoms with Crippen LogP contribution >= 0.6 is 0 Å². The first kappa shape index (κ1) is 10.1. The molecule has 72 valence electrons.